The molecule has 25 heavy (non-hydrogen) atoms. The van der Waals surface area contributed by atoms with E-state index >= 15 is 0 Å². The SMILES string of the molecule is CC(C)c1nc(N(C)C)nc(N2CC3(CCOCC3)[C@@H]3CCC[C@@H]32)n1. The third-order valence-electron chi connectivity index (χ3n) is 6.44. The largest absolute Gasteiger partial charge is 0.381 e. The van der Waals surface area contributed by atoms with Gasteiger partial charge in [-0.15, -0.1) is 0 Å². The van der Waals surface area contributed by atoms with Crippen LogP contribution in [-0.2, 0) is 4.74 Å². The van der Waals surface area contributed by atoms with Crippen LogP contribution in [0.1, 0.15) is 57.7 Å². The molecule has 2 atom stereocenters. The Bertz CT molecular complexity index is 600. The van der Waals surface area contributed by atoms with Gasteiger partial charge in [0.05, 0.1) is 0 Å². The number of rotatable bonds is 3. The summed E-state index contributed by atoms with van der Waals surface area (Å²) in [6, 6.07) is 0.593. The summed E-state index contributed by atoms with van der Waals surface area (Å²) in [6.45, 7) is 7.21. The van der Waals surface area contributed by atoms with Crippen molar-refractivity contribution in [2.24, 2.45) is 11.3 Å². The Hall–Kier alpha value is -1.43. The predicted octanol–water partition coefficient (Wildman–Crippen LogP) is 2.85. The number of fused-ring (bicyclic) bond motifs is 2. The van der Waals surface area contributed by atoms with Gasteiger partial charge in [-0.25, -0.2) is 0 Å². The van der Waals surface area contributed by atoms with Crippen molar-refractivity contribution in [2.75, 3.05) is 43.7 Å². The normalized spacial score (nSPS) is 28.0. The van der Waals surface area contributed by atoms with E-state index in [4.69, 9.17) is 14.7 Å². The van der Waals surface area contributed by atoms with Gasteiger partial charge in [0, 0.05) is 45.8 Å². The van der Waals surface area contributed by atoms with Crippen molar-refractivity contribution in [3.63, 3.8) is 0 Å². The Morgan fingerprint density at radius 1 is 1.12 bits per heavy atom. The molecule has 1 spiro atoms. The minimum Gasteiger partial charge on any atom is -0.381 e. The molecule has 4 rings (SSSR count). The van der Waals surface area contributed by atoms with Gasteiger partial charge in [-0.1, -0.05) is 20.3 Å². The second-order valence-corrected chi connectivity index (χ2v) is 8.55. The smallest absolute Gasteiger partial charge is 0.230 e. The summed E-state index contributed by atoms with van der Waals surface area (Å²) in [5.74, 6) is 3.65. The van der Waals surface area contributed by atoms with Crippen molar-refractivity contribution < 1.29 is 4.74 Å². The number of hydrogen-bond acceptors (Lipinski definition) is 6. The molecule has 2 saturated heterocycles. The summed E-state index contributed by atoms with van der Waals surface area (Å²) < 4.78 is 5.68. The summed E-state index contributed by atoms with van der Waals surface area (Å²) >= 11 is 0. The highest BCUT2D eigenvalue weighted by molar-refractivity contribution is 5.43. The Labute approximate surface area is 151 Å². The molecule has 1 aliphatic carbocycles. The molecule has 6 nitrogen and oxygen atoms in total. The van der Waals surface area contributed by atoms with E-state index in [1.807, 2.05) is 19.0 Å². The molecule has 0 amide bonds. The summed E-state index contributed by atoms with van der Waals surface area (Å²) in [5.41, 5.74) is 0.405. The Kier molecular flexibility index (Phi) is 4.34. The first-order chi connectivity index (χ1) is 12.0. The first-order valence-corrected chi connectivity index (χ1v) is 9.78. The van der Waals surface area contributed by atoms with Crippen LogP contribution in [0.15, 0.2) is 0 Å². The van der Waals surface area contributed by atoms with Crippen LogP contribution in [0.4, 0.5) is 11.9 Å². The van der Waals surface area contributed by atoms with E-state index in [1.165, 1.54) is 32.1 Å². The van der Waals surface area contributed by atoms with Gasteiger partial charge in [-0.3, -0.25) is 0 Å². The second-order valence-electron chi connectivity index (χ2n) is 8.55. The van der Waals surface area contributed by atoms with E-state index in [1.54, 1.807) is 0 Å². The number of ether oxygens (including phenoxy) is 1. The van der Waals surface area contributed by atoms with Crippen molar-refractivity contribution in [2.45, 2.75) is 57.9 Å². The number of hydrogen-bond donors (Lipinski definition) is 0. The van der Waals surface area contributed by atoms with Gasteiger partial charge in [0.15, 0.2) is 0 Å². The number of anilines is 2. The topological polar surface area (TPSA) is 54.4 Å². The molecule has 2 aliphatic heterocycles. The maximum Gasteiger partial charge on any atom is 0.230 e. The van der Waals surface area contributed by atoms with Crippen LogP contribution in [0.5, 0.6) is 0 Å². The summed E-state index contributed by atoms with van der Waals surface area (Å²) in [7, 11) is 4.01. The van der Waals surface area contributed by atoms with Gasteiger partial charge in [-0.05, 0) is 37.0 Å². The lowest BCUT2D eigenvalue weighted by molar-refractivity contribution is 0.00155. The maximum absolute atomic E-state index is 5.68. The lowest BCUT2D eigenvalue weighted by Gasteiger charge is -2.37. The first-order valence-electron chi connectivity index (χ1n) is 9.78. The molecular weight excluding hydrogens is 314 g/mol. The fourth-order valence-corrected chi connectivity index (χ4v) is 5.08. The molecule has 3 aliphatic rings. The van der Waals surface area contributed by atoms with Crippen LogP contribution < -0.4 is 9.80 Å². The van der Waals surface area contributed by atoms with Crippen LogP contribution in [0.25, 0.3) is 0 Å². The molecule has 1 aromatic heterocycles. The van der Waals surface area contributed by atoms with Gasteiger partial charge in [0.2, 0.25) is 11.9 Å². The molecule has 1 aromatic rings. The zero-order valence-corrected chi connectivity index (χ0v) is 16.0. The summed E-state index contributed by atoms with van der Waals surface area (Å²) in [5, 5.41) is 0. The van der Waals surface area contributed by atoms with Crippen LogP contribution in [-0.4, -0.2) is 54.8 Å². The Balaban J connectivity index is 1.71. The molecule has 0 radical (unpaired) electrons. The van der Waals surface area contributed by atoms with Crippen molar-refractivity contribution in [3.8, 4) is 0 Å². The Morgan fingerprint density at radius 3 is 2.56 bits per heavy atom. The zero-order chi connectivity index (χ0) is 17.6. The lowest BCUT2D eigenvalue weighted by atomic mass is 9.71. The second kappa shape index (κ2) is 6.38. The average molecular weight is 345 g/mol. The predicted molar refractivity (Wildman–Crippen MR) is 99.2 cm³/mol. The molecule has 0 aromatic carbocycles. The van der Waals surface area contributed by atoms with Crippen molar-refractivity contribution in [3.05, 3.63) is 5.82 Å². The monoisotopic (exact) mass is 345 g/mol. The Morgan fingerprint density at radius 2 is 1.88 bits per heavy atom. The maximum atomic E-state index is 5.68. The fraction of sp³-hybridized carbons (Fsp3) is 0.842. The van der Waals surface area contributed by atoms with Crippen molar-refractivity contribution in [1.29, 1.82) is 0 Å². The highest BCUT2D eigenvalue weighted by Crippen LogP contribution is 2.54. The number of aromatic nitrogens is 3. The highest BCUT2D eigenvalue weighted by Gasteiger charge is 2.55. The molecule has 1 saturated carbocycles. The van der Waals surface area contributed by atoms with Crippen LogP contribution >= 0.6 is 0 Å². The highest BCUT2D eigenvalue weighted by atomic mass is 16.5. The summed E-state index contributed by atoms with van der Waals surface area (Å²) in [4.78, 5) is 18.9. The van der Waals surface area contributed by atoms with E-state index in [9.17, 15) is 0 Å². The van der Waals surface area contributed by atoms with Gasteiger partial charge < -0.3 is 14.5 Å². The van der Waals surface area contributed by atoms with Gasteiger partial charge in [-0.2, -0.15) is 15.0 Å². The average Bonchev–Trinajstić information content (AvgIpc) is 3.19. The first kappa shape index (κ1) is 17.0. The van der Waals surface area contributed by atoms with E-state index < -0.39 is 0 Å². The van der Waals surface area contributed by atoms with E-state index in [0.29, 0.717) is 17.4 Å². The van der Waals surface area contributed by atoms with Gasteiger partial charge >= 0.3 is 0 Å². The summed E-state index contributed by atoms with van der Waals surface area (Å²) in [6.07, 6.45) is 6.33. The van der Waals surface area contributed by atoms with Crippen LogP contribution in [0.3, 0.4) is 0 Å². The standard InChI is InChI=1S/C19H31N5O/c1-13(2)16-20-17(23(3)4)22-18(21-16)24-12-19(8-10-25-11-9-19)14-6-5-7-15(14)24/h13-15H,5-12H2,1-4H3/t14-,15+/m1/s1. The number of nitrogens with zero attached hydrogens (tertiary/aromatic N) is 5. The molecule has 0 unspecified atom stereocenters. The minimum absolute atomic E-state index is 0.305. The zero-order valence-electron chi connectivity index (χ0n) is 16.0. The molecular formula is C19H31N5O. The third kappa shape index (κ3) is 2.88. The molecule has 3 fully saturated rings. The molecule has 0 N–H and O–H groups in total. The lowest BCUT2D eigenvalue weighted by Crippen LogP contribution is -2.37. The molecule has 3 heterocycles. The van der Waals surface area contributed by atoms with Crippen LogP contribution in [0.2, 0.25) is 0 Å². The van der Waals surface area contributed by atoms with E-state index in [2.05, 4.69) is 23.7 Å². The molecule has 0 bridgehead atoms. The van der Waals surface area contributed by atoms with Gasteiger partial charge in [0.1, 0.15) is 5.82 Å². The molecule has 138 valence electrons. The minimum atomic E-state index is 0.305. The van der Waals surface area contributed by atoms with Crippen molar-refractivity contribution in [1.82, 2.24) is 15.0 Å². The quantitative estimate of drug-likeness (QED) is 0.840. The molecule has 6 heteroatoms. The fourth-order valence-electron chi connectivity index (χ4n) is 5.08. The third-order valence-corrected chi connectivity index (χ3v) is 6.44. The van der Waals surface area contributed by atoms with E-state index in [0.717, 1.165) is 43.4 Å². The van der Waals surface area contributed by atoms with Gasteiger partial charge in [0.25, 0.3) is 0 Å². The van der Waals surface area contributed by atoms with Crippen LogP contribution in [0, 0.1) is 11.3 Å². The van der Waals surface area contributed by atoms with E-state index in [-0.39, 0.29) is 0 Å². The van der Waals surface area contributed by atoms with Crippen molar-refractivity contribution >= 4 is 11.9 Å².